The highest BCUT2D eigenvalue weighted by Crippen LogP contribution is 2.14. The van der Waals surface area contributed by atoms with Gasteiger partial charge in [-0.3, -0.25) is 0 Å². The number of hydrogen-bond donors (Lipinski definition) is 2. The van der Waals surface area contributed by atoms with Crippen LogP contribution in [0.2, 0.25) is 0 Å². The van der Waals surface area contributed by atoms with Gasteiger partial charge in [-0.25, -0.2) is 0 Å². The molecule has 1 unspecified atom stereocenters. The molecule has 18 heavy (non-hydrogen) atoms. The molecule has 1 aromatic carbocycles. The third-order valence-corrected chi connectivity index (χ3v) is 2.38. The van der Waals surface area contributed by atoms with Crippen molar-refractivity contribution in [1.29, 1.82) is 10.5 Å². The number of nitrogens with zero attached hydrogens (tertiary/aromatic N) is 3. The van der Waals surface area contributed by atoms with E-state index in [1.165, 1.54) is 0 Å². The number of hydrogen-bond acceptors (Lipinski definition) is 5. The molecule has 0 aromatic heterocycles. The van der Waals surface area contributed by atoms with Crippen molar-refractivity contribution in [2.75, 3.05) is 32.5 Å². The van der Waals surface area contributed by atoms with Crippen molar-refractivity contribution < 1.29 is 5.11 Å². The summed E-state index contributed by atoms with van der Waals surface area (Å²) < 4.78 is 0. The summed E-state index contributed by atoms with van der Waals surface area (Å²) in [4.78, 5) is 1.89. The molecule has 94 valence electrons. The van der Waals surface area contributed by atoms with Gasteiger partial charge in [-0.15, -0.1) is 0 Å². The average molecular weight is 244 g/mol. The molecule has 0 bridgehead atoms. The molecule has 0 spiro atoms. The van der Waals surface area contributed by atoms with Gasteiger partial charge < -0.3 is 15.3 Å². The molecule has 5 heteroatoms. The van der Waals surface area contributed by atoms with Gasteiger partial charge in [-0.05, 0) is 32.3 Å². The highest BCUT2D eigenvalue weighted by Gasteiger charge is 2.06. The van der Waals surface area contributed by atoms with Crippen LogP contribution < -0.4 is 5.32 Å². The van der Waals surface area contributed by atoms with Crippen molar-refractivity contribution in [2.45, 2.75) is 6.10 Å². The van der Waals surface area contributed by atoms with Crippen molar-refractivity contribution in [2.24, 2.45) is 0 Å². The van der Waals surface area contributed by atoms with Crippen LogP contribution in [0.25, 0.3) is 0 Å². The molecule has 0 heterocycles. The molecule has 0 amide bonds. The first-order chi connectivity index (χ1) is 8.56. The summed E-state index contributed by atoms with van der Waals surface area (Å²) in [5.41, 5.74) is 1.42. The Kier molecular flexibility index (Phi) is 5.13. The Morgan fingerprint density at radius 1 is 1.28 bits per heavy atom. The summed E-state index contributed by atoms with van der Waals surface area (Å²) in [6.45, 7) is 0.962. The first-order valence-electron chi connectivity index (χ1n) is 5.57. The number of nitrogens with one attached hydrogen (secondary N) is 1. The fraction of sp³-hybridized carbons (Fsp3) is 0.385. The molecule has 0 fully saturated rings. The lowest BCUT2D eigenvalue weighted by molar-refractivity contribution is 0.148. The van der Waals surface area contributed by atoms with Gasteiger partial charge in [0.25, 0.3) is 0 Å². The van der Waals surface area contributed by atoms with Crippen LogP contribution in [-0.4, -0.2) is 43.3 Å². The molecular weight excluding hydrogens is 228 g/mol. The van der Waals surface area contributed by atoms with Crippen LogP contribution in [0.1, 0.15) is 11.1 Å². The number of aliphatic hydroxyl groups is 1. The van der Waals surface area contributed by atoms with Crippen LogP contribution in [-0.2, 0) is 0 Å². The van der Waals surface area contributed by atoms with Crippen LogP contribution in [0.4, 0.5) is 5.69 Å². The van der Waals surface area contributed by atoms with Crippen molar-refractivity contribution in [1.82, 2.24) is 4.90 Å². The van der Waals surface area contributed by atoms with Gasteiger partial charge in [0.1, 0.15) is 12.1 Å². The Labute approximate surface area is 107 Å². The van der Waals surface area contributed by atoms with E-state index < -0.39 is 6.10 Å². The molecule has 0 aliphatic heterocycles. The zero-order valence-electron chi connectivity index (χ0n) is 10.5. The number of nitriles is 2. The Hall–Kier alpha value is -2.08. The monoisotopic (exact) mass is 244 g/mol. The average Bonchev–Trinajstić information content (AvgIpc) is 2.35. The van der Waals surface area contributed by atoms with E-state index in [0.29, 0.717) is 24.2 Å². The van der Waals surface area contributed by atoms with E-state index in [1.807, 2.05) is 31.1 Å². The quantitative estimate of drug-likeness (QED) is 0.799. The predicted molar refractivity (Wildman–Crippen MR) is 68.9 cm³/mol. The van der Waals surface area contributed by atoms with Crippen molar-refractivity contribution in [3.05, 3.63) is 29.3 Å². The first-order valence-corrected chi connectivity index (χ1v) is 5.57. The summed E-state index contributed by atoms with van der Waals surface area (Å²) in [7, 11) is 3.78. The van der Waals surface area contributed by atoms with E-state index in [4.69, 9.17) is 10.5 Å². The van der Waals surface area contributed by atoms with Crippen molar-refractivity contribution >= 4 is 5.69 Å². The highest BCUT2D eigenvalue weighted by molar-refractivity contribution is 5.56. The number of benzene rings is 1. The zero-order chi connectivity index (χ0) is 13.5. The number of likely N-dealkylation sites (N-methyl/N-ethyl adjacent to an activating group) is 1. The molecule has 2 N–H and O–H groups in total. The van der Waals surface area contributed by atoms with Gasteiger partial charge in [-0.2, -0.15) is 10.5 Å². The maximum atomic E-state index is 9.69. The molecular formula is C13H16N4O. The van der Waals surface area contributed by atoms with Gasteiger partial charge in [0, 0.05) is 18.8 Å². The minimum atomic E-state index is -0.485. The molecule has 1 atom stereocenters. The second-order valence-electron chi connectivity index (χ2n) is 4.28. The topological polar surface area (TPSA) is 83.1 Å². The standard InChI is InChI=1S/C13H16N4O/c1-17(2)9-13(18)8-16-12-4-3-10(6-14)11(5-12)7-15/h3-5,13,16,18H,8-9H2,1-2H3. The van der Waals surface area contributed by atoms with E-state index in [-0.39, 0.29) is 0 Å². The molecule has 1 rings (SSSR count). The van der Waals surface area contributed by atoms with Crippen LogP contribution in [0.15, 0.2) is 18.2 Å². The van der Waals surface area contributed by atoms with Gasteiger partial charge in [-0.1, -0.05) is 0 Å². The van der Waals surface area contributed by atoms with Gasteiger partial charge in [0.05, 0.1) is 17.2 Å². The summed E-state index contributed by atoms with van der Waals surface area (Å²) >= 11 is 0. The number of aliphatic hydroxyl groups excluding tert-OH is 1. The number of rotatable bonds is 5. The Morgan fingerprint density at radius 2 is 1.94 bits per heavy atom. The normalized spacial score (nSPS) is 11.7. The summed E-state index contributed by atoms with van der Waals surface area (Å²) in [5.74, 6) is 0. The zero-order valence-corrected chi connectivity index (χ0v) is 10.5. The largest absolute Gasteiger partial charge is 0.390 e. The third-order valence-electron chi connectivity index (χ3n) is 2.38. The Morgan fingerprint density at radius 3 is 2.50 bits per heavy atom. The molecule has 0 saturated carbocycles. The van der Waals surface area contributed by atoms with Crippen LogP contribution in [0, 0.1) is 22.7 Å². The Bertz CT molecular complexity index is 485. The highest BCUT2D eigenvalue weighted by atomic mass is 16.3. The molecule has 0 radical (unpaired) electrons. The lowest BCUT2D eigenvalue weighted by Gasteiger charge is -2.17. The van der Waals surface area contributed by atoms with Gasteiger partial charge >= 0.3 is 0 Å². The molecule has 0 aliphatic carbocycles. The van der Waals surface area contributed by atoms with E-state index >= 15 is 0 Å². The van der Waals surface area contributed by atoms with Crippen LogP contribution in [0.5, 0.6) is 0 Å². The maximum absolute atomic E-state index is 9.69. The summed E-state index contributed by atoms with van der Waals surface area (Å²) in [6.07, 6.45) is -0.485. The number of anilines is 1. The maximum Gasteiger partial charge on any atom is 0.101 e. The van der Waals surface area contributed by atoms with Gasteiger partial charge in [0.2, 0.25) is 0 Å². The fourth-order valence-corrected chi connectivity index (χ4v) is 1.57. The van der Waals surface area contributed by atoms with Crippen molar-refractivity contribution in [3.63, 3.8) is 0 Å². The van der Waals surface area contributed by atoms with Crippen LogP contribution in [0.3, 0.4) is 0 Å². The lowest BCUT2D eigenvalue weighted by atomic mass is 10.1. The first kappa shape index (κ1) is 14.0. The summed E-state index contributed by atoms with van der Waals surface area (Å²) in [6, 6.07) is 8.86. The lowest BCUT2D eigenvalue weighted by Crippen LogP contribution is -2.31. The van der Waals surface area contributed by atoms with E-state index in [1.54, 1.807) is 18.2 Å². The summed E-state index contributed by atoms with van der Waals surface area (Å²) in [5, 5.41) is 30.4. The second-order valence-corrected chi connectivity index (χ2v) is 4.28. The minimum Gasteiger partial charge on any atom is -0.390 e. The van der Waals surface area contributed by atoms with Crippen LogP contribution >= 0.6 is 0 Å². The molecule has 0 saturated heterocycles. The third kappa shape index (κ3) is 4.06. The van der Waals surface area contributed by atoms with E-state index in [9.17, 15) is 5.11 Å². The van der Waals surface area contributed by atoms with E-state index in [2.05, 4.69) is 5.32 Å². The fourth-order valence-electron chi connectivity index (χ4n) is 1.57. The smallest absolute Gasteiger partial charge is 0.101 e. The molecule has 0 aliphatic rings. The van der Waals surface area contributed by atoms with E-state index in [0.717, 1.165) is 5.69 Å². The second kappa shape index (κ2) is 6.61. The molecule has 1 aromatic rings. The SMILES string of the molecule is CN(C)CC(O)CNc1ccc(C#N)c(C#N)c1. The van der Waals surface area contributed by atoms with Crippen molar-refractivity contribution in [3.8, 4) is 12.1 Å². The minimum absolute atomic E-state index is 0.338. The predicted octanol–water partition coefficient (Wildman–Crippen LogP) is 0.764. The van der Waals surface area contributed by atoms with Gasteiger partial charge in [0.15, 0.2) is 0 Å². The Balaban J connectivity index is 2.64. The molecule has 5 nitrogen and oxygen atoms in total.